The van der Waals surface area contributed by atoms with Gasteiger partial charge in [-0.2, -0.15) is 10.2 Å². The molecule has 3 rings (SSSR count). The van der Waals surface area contributed by atoms with Crippen LogP contribution in [0.5, 0.6) is 5.75 Å². The lowest BCUT2D eigenvalue weighted by Gasteiger charge is -2.04. The molecule has 2 aromatic rings. The molecule has 1 fully saturated rings. The van der Waals surface area contributed by atoms with Gasteiger partial charge in [0.2, 0.25) is 0 Å². The van der Waals surface area contributed by atoms with Gasteiger partial charge in [0.15, 0.2) is 18.2 Å². The van der Waals surface area contributed by atoms with E-state index in [9.17, 15) is 10.1 Å². The Bertz CT molecular complexity index is 730. The van der Waals surface area contributed by atoms with Crippen LogP contribution in [-0.4, -0.2) is 15.1 Å². The second kappa shape index (κ2) is 5.20. The average molecular weight is 286 g/mol. The molecule has 0 unspecified atom stereocenters. The number of hydrogen-bond donors (Lipinski definition) is 0. The predicted molar refractivity (Wildman–Crippen MR) is 68.4 cm³/mol. The topological polar surface area (TPSA) is 115 Å². The Labute approximate surface area is 119 Å². The van der Waals surface area contributed by atoms with Gasteiger partial charge in [0.25, 0.3) is 5.89 Å². The monoisotopic (exact) mass is 286 g/mol. The second-order valence-corrected chi connectivity index (χ2v) is 4.66. The molecule has 1 aliphatic rings. The molecule has 0 aliphatic heterocycles. The maximum atomic E-state index is 11.0. The van der Waals surface area contributed by atoms with Crippen molar-refractivity contribution in [2.24, 2.45) is 0 Å². The van der Waals surface area contributed by atoms with Crippen LogP contribution in [-0.2, 0) is 6.61 Å². The predicted octanol–water partition coefficient (Wildman–Crippen LogP) is 2.31. The van der Waals surface area contributed by atoms with E-state index in [4.69, 9.17) is 14.5 Å². The molecule has 1 aliphatic carbocycles. The number of ether oxygens (including phenoxy) is 1. The Kier molecular flexibility index (Phi) is 3.23. The maximum absolute atomic E-state index is 11.0. The first-order valence-corrected chi connectivity index (χ1v) is 6.31. The maximum Gasteiger partial charge on any atom is 0.312 e. The molecule has 1 saturated carbocycles. The van der Waals surface area contributed by atoms with Gasteiger partial charge < -0.3 is 9.26 Å². The van der Waals surface area contributed by atoms with Crippen molar-refractivity contribution in [3.05, 3.63) is 45.6 Å². The quantitative estimate of drug-likeness (QED) is 0.611. The van der Waals surface area contributed by atoms with Crippen LogP contribution in [0, 0.1) is 21.4 Å². The molecule has 8 heteroatoms. The summed E-state index contributed by atoms with van der Waals surface area (Å²) >= 11 is 0. The van der Waals surface area contributed by atoms with Gasteiger partial charge >= 0.3 is 5.69 Å². The average Bonchev–Trinajstić information content (AvgIpc) is 3.24. The minimum Gasteiger partial charge on any atom is -0.477 e. The standard InChI is InChI=1S/C13H10N4O4/c14-6-8-1-4-11(10(5-8)17(18)19)20-7-12-15-13(16-21-12)9-2-3-9/h1,4-5,9H,2-3,7H2. The molecule has 0 spiro atoms. The minimum atomic E-state index is -0.598. The highest BCUT2D eigenvalue weighted by atomic mass is 16.6. The first-order valence-electron chi connectivity index (χ1n) is 6.31. The number of hydrogen-bond acceptors (Lipinski definition) is 7. The van der Waals surface area contributed by atoms with E-state index in [1.165, 1.54) is 18.2 Å². The van der Waals surface area contributed by atoms with Crippen molar-refractivity contribution in [1.82, 2.24) is 10.1 Å². The minimum absolute atomic E-state index is 0.0491. The van der Waals surface area contributed by atoms with Gasteiger partial charge in [-0.05, 0) is 25.0 Å². The lowest BCUT2D eigenvalue weighted by atomic mass is 10.2. The molecule has 8 nitrogen and oxygen atoms in total. The molecule has 0 atom stereocenters. The fourth-order valence-corrected chi connectivity index (χ4v) is 1.83. The smallest absolute Gasteiger partial charge is 0.312 e. The summed E-state index contributed by atoms with van der Waals surface area (Å²) in [6, 6.07) is 5.84. The zero-order valence-electron chi connectivity index (χ0n) is 10.9. The number of aromatic nitrogens is 2. The number of nitro benzene ring substituents is 1. The van der Waals surface area contributed by atoms with Crippen LogP contribution < -0.4 is 4.74 Å². The van der Waals surface area contributed by atoms with Crippen molar-refractivity contribution in [2.45, 2.75) is 25.4 Å². The first kappa shape index (κ1) is 13.1. The van der Waals surface area contributed by atoms with Crippen LogP contribution in [0.4, 0.5) is 5.69 Å². The van der Waals surface area contributed by atoms with Crippen molar-refractivity contribution < 1.29 is 14.2 Å². The van der Waals surface area contributed by atoms with E-state index in [0.717, 1.165) is 12.8 Å². The van der Waals surface area contributed by atoms with Crippen LogP contribution in [0.15, 0.2) is 22.7 Å². The third-order valence-corrected chi connectivity index (χ3v) is 3.06. The summed E-state index contributed by atoms with van der Waals surface area (Å²) in [7, 11) is 0. The Hall–Kier alpha value is -2.95. The Morgan fingerprint density at radius 3 is 3.00 bits per heavy atom. The fraction of sp³-hybridized carbons (Fsp3) is 0.308. The highest BCUT2D eigenvalue weighted by Crippen LogP contribution is 2.38. The van der Waals surface area contributed by atoms with Gasteiger partial charge in [0.05, 0.1) is 16.6 Å². The fourth-order valence-electron chi connectivity index (χ4n) is 1.83. The summed E-state index contributed by atoms with van der Waals surface area (Å²) in [5.74, 6) is 1.36. The van der Waals surface area contributed by atoms with Gasteiger partial charge in [0.1, 0.15) is 0 Å². The molecule has 106 valence electrons. The molecule has 0 saturated heterocycles. The Morgan fingerprint density at radius 2 is 2.33 bits per heavy atom. The number of benzene rings is 1. The van der Waals surface area contributed by atoms with E-state index in [-0.39, 0.29) is 29.5 Å². The van der Waals surface area contributed by atoms with Crippen LogP contribution in [0.3, 0.4) is 0 Å². The lowest BCUT2D eigenvalue weighted by molar-refractivity contribution is -0.386. The SMILES string of the molecule is N#Cc1ccc(OCc2nc(C3CC3)no2)c([N+](=O)[O-])c1. The molecule has 0 radical (unpaired) electrons. The van der Waals surface area contributed by atoms with Crippen molar-refractivity contribution in [2.75, 3.05) is 0 Å². The highest BCUT2D eigenvalue weighted by molar-refractivity contribution is 5.51. The van der Waals surface area contributed by atoms with Crippen LogP contribution >= 0.6 is 0 Å². The van der Waals surface area contributed by atoms with E-state index in [0.29, 0.717) is 11.7 Å². The zero-order chi connectivity index (χ0) is 14.8. The number of nitro groups is 1. The number of nitrogens with zero attached hydrogens (tertiary/aromatic N) is 4. The molecule has 0 N–H and O–H groups in total. The summed E-state index contributed by atoms with van der Waals surface area (Å²) in [5.41, 5.74) is -0.0705. The van der Waals surface area contributed by atoms with Gasteiger partial charge in [-0.15, -0.1) is 0 Å². The highest BCUT2D eigenvalue weighted by Gasteiger charge is 2.29. The van der Waals surface area contributed by atoms with Crippen molar-refractivity contribution in [1.29, 1.82) is 5.26 Å². The van der Waals surface area contributed by atoms with Gasteiger partial charge in [-0.3, -0.25) is 10.1 Å². The summed E-state index contributed by atoms with van der Waals surface area (Å²) in [6.45, 7) is -0.0491. The normalized spacial score (nSPS) is 13.7. The van der Waals surface area contributed by atoms with Gasteiger partial charge in [-0.25, -0.2) is 0 Å². The molecule has 0 bridgehead atoms. The largest absolute Gasteiger partial charge is 0.477 e. The van der Waals surface area contributed by atoms with Crippen molar-refractivity contribution in [3.63, 3.8) is 0 Å². The second-order valence-electron chi connectivity index (χ2n) is 4.66. The van der Waals surface area contributed by atoms with Crippen LogP contribution in [0.1, 0.15) is 36.0 Å². The third-order valence-electron chi connectivity index (χ3n) is 3.06. The molecule has 0 amide bonds. The summed E-state index contributed by atoms with van der Waals surface area (Å²) in [5, 5.41) is 23.6. The van der Waals surface area contributed by atoms with E-state index >= 15 is 0 Å². The van der Waals surface area contributed by atoms with E-state index < -0.39 is 4.92 Å². The summed E-state index contributed by atoms with van der Waals surface area (Å²) in [4.78, 5) is 14.5. The van der Waals surface area contributed by atoms with Gasteiger partial charge in [0, 0.05) is 12.0 Å². The summed E-state index contributed by atoms with van der Waals surface area (Å²) in [6.07, 6.45) is 2.11. The van der Waals surface area contributed by atoms with Crippen LogP contribution in [0.2, 0.25) is 0 Å². The van der Waals surface area contributed by atoms with Crippen molar-refractivity contribution in [3.8, 4) is 11.8 Å². The van der Waals surface area contributed by atoms with E-state index in [1.807, 2.05) is 6.07 Å². The van der Waals surface area contributed by atoms with E-state index in [1.54, 1.807) is 0 Å². The molecule has 21 heavy (non-hydrogen) atoms. The molecule has 1 aromatic carbocycles. The Balaban J connectivity index is 1.74. The van der Waals surface area contributed by atoms with Crippen molar-refractivity contribution >= 4 is 5.69 Å². The Morgan fingerprint density at radius 1 is 1.52 bits per heavy atom. The van der Waals surface area contributed by atoms with Crippen LogP contribution in [0.25, 0.3) is 0 Å². The molecule has 1 aromatic heterocycles. The molecular formula is C13H10N4O4. The lowest BCUT2D eigenvalue weighted by Crippen LogP contribution is -2.00. The molecule has 1 heterocycles. The summed E-state index contributed by atoms with van der Waals surface area (Å²) < 4.78 is 10.4. The third kappa shape index (κ3) is 2.81. The number of rotatable bonds is 5. The number of nitriles is 1. The first-order chi connectivity index (χ1) is 10.2. The van der Waals surface area contributed by atoms with Gasteiger partial charge in [-0.1, -0.05) is 5.16 Å². The zero-order valence-corrected chi connectivity index (χ0v) is 10.9. The molecular weight excluding hydrogens is 276 g/mol. The van der Waals surface area contributed by atoms with E-state index in [2.05, 4.69) is 10.1 Å².